The lowest BCUT2D eigenvalue weighted by Gasteiger charge is -2.10. The molecule has 3 aromatic heterocycles. The number of nitrogens with zero attached hydrogens (tertiary/aromatic N) is 4. The zero-order valence-corrected chi connectivity index (χ0v) is 13.9. The Kier molecular flexibility index (Phi) is 4.89. The number of hydrogen-bond donors (Lipinski definition) is 4. The molecular weight excluding hydrogens is 316 g/mol. The topological polar surface area (TPSA) is 117 Å². The molecule has 0 unspecified atom stereocenters. The van der Waals surface area contributed by atoms with Crippen molar-refractivity contribution in [1.29, 1.82) is 5.41 Å². The van der Waals surface area contributed by atoms with Gasteiger partial charge in [0.1, 0.15) is 5.65 Å². The van der Waals surface area contributed by atoms with E-state index in [-0.39, 0.29) is 0 Å². The second kappa shape index (κ2) is 7.43. The summed E-state index contributed by atoms with van der Waals surface area (Å²) in [5.41, 5.74) is 9.10. The molecule has 0 atom stereocenters. The van der Waals surface area contributed by atoms with Crippen molar-refractivity contribution in [2.24, 2.45) is 0 Å². The Balaban J connectivity index is 1.79. The number of nitrogen functional groups attached to an aromatic ring is 1. The Bertz CT molecular complexity index is 912. The number of rotatable bonds is 7. The summed E-state index contributed by atoms with van der Waals surface area (Å²) in [5, 5.41) is 13.8. The number of allylic oxidation sites excluding steroid dienone is 1. The molecule has 0 bridgehead atoms. The summed E-state index contributed by atoms with van der Waals surface area (Å²) in [6.45, 7) is 3.30. The second-order valence-electron chi connectivity index (χ2n) is 5.37. The summed E-state index contributed by atoms with van der Waals surface area (Å²) >= 11 is 0. The van der Waals surface area contributed by atoms with Gasteiger partial charge >= 0.3 is 0 Å². The van der Waals surface area contributed by atoms with Crippen LogP contribution in [0, 0.1) is 5.41 Å². The molecule has 8 heteroatoms. The monoisotopic (exact) mass is 336 g/mol. The lowest BCUT2D eigenvalue weighted by molar-refractivity contribution is 0.921. The third-order valence-electron chi connectivity index (χ3n) is 3.62. The van der Waals surface area contributed by atoms with E-state index in [2.05, 4.69) is 25.6 Å². The van der Waals surface area contributed by atoms with Gasteiger partial charge in [0.05, 0.1) is 11.9 Å². The van der Waals surface area contributed by atoms with Crippen molar-refractivity contribution >= 4 is 29.1 Å². The van der Waals surface area contributed by atoms with Gasteiger partial charge in [-0.25, -0.2) is 15.0 Å². The van der Waals surface area contributed by atoms with Crippen LogP contribution < -0.4 is 16.4 Å². The maximum atomic E-state index is 7.54. The molecule has 0 aliphatic heterocycles. The molecule has 0 saturated carbocycles. The van der Waals surface area contributed by atoms with E-state index in [1.165, 1.54) is 6.21 Å². The number of nitrogens with one attached hydrogen (secondary N) is 3. The summed E-state index contributed by atoms with van der Waals surface area (Å²) in [7, 11) is 0. The van der Waals surface area contributed by atoms with E-state index >= 15 is 0 Å². The average Bonchev–Trinajstić information content (AvgIpc) is 3.10. The Hall–Kier alpha value is -3.42. The highest BCUT2D eigenvalue weighted by Crippen LogP contribution is 2.17. The van der Waals surface area contributed by atoms with Crippen molar-refractivity contribution in [3.63, 3.8) is 0 Å². The fraction of sp³-hybridized carbons (Fsp3) is 0.176. The van der Waals surface area contributed by atoms with Gasteiger partial charge in [0.15, 0.2) is 11.6 Å². The van der Waals surface area contributed by atoms with Crippen LogP contribution in [0.2, 0.25) is 0 Å². The zero-order valence-electron chi connectivity index (χ0n) is 13.9. The number of pyridine rings is 1. The molecule has 3 heterocycles. The Labute approximate surface area is 145 Å². The van der Waals surface area contributed by atoms with Gasteiger partial charge in [-0.15, -0.1) is 0 Å². The largest absolute Gasteiger partial charge is 0.391 e. The van der Waals surface area contributed by atoms with Crippen LogP contribution in [-0.4, -0.2) is 32.1 Å². The molecule has 0 saturated heterocycles. The van der Waals surface area contributed by atoms with Crippen LogP contribution in [0.15, 0.2) is 43.1 Å². The fourth-order valence-corrected chi connectivity index (χ4v) is 2.33. The molecule has 25 heavy (non-hydrogen) atoms. The van der Waals surface area contributed by atoms with E-state index in [4.69, 9.17) is 11.1 Å². The predicted molar refractivity (Wildman–Crippen MR) is 99.4 cm³/mol. The molecule has 0 fully saturated rings. The van der Waals surface area contributed by atoms with Gasteiger partial charge in [-0.1, -0.05) is 6.07 Å². The Morgan fingerprint density at radius 3 is 3.04 bits per heavy atom. The molecular formula is C17H20N8. The summed E-state index contributed by atoms with van der Waals surface area (Å²) in [6, 6.07) is 3.95. The lowest BCUT2D eigenvalue weighted by atomic mass is 10.2. The first kappa shape index (κ1) is 16.4. The molecule has 0 spiro atoms. The summed E-state index contributed by atoms with van der Waals surface area (Å²) in [6.07, 6.45) is 10.2. The average molecular weight is 336 g/mol. The first-order valence-corrected chi connectivity index (χ1v) is 7.93. The van der Waals surface area contributed by atoms with Crippen molar-refractivity contribution in [2.45, 2.75) is 13.5 Å². The van der Waals surface area contributed by atoms with Crippen LogP contribution in [0.1, 0.15) is 18.2 Å². The molecule has 0 aliphatic carbocycles. The van der Waals surface area contributed by atoms with Crippen molar-refractivity contribution in [2.75, 3.05) is 17.6 Å². The first-order valence-electron chi connectivity index (χ1n) is 7.93. The third-order valence-corrected chi connectivity index (χ3v) is 3.62. The van der Waals surface area contributed by atoms with Gasteiger partial charge in [-0.3, -0.25) is 0 Å². The molecule has 3 rings (SSSR count). The standard InChI is InChI=1S/C17H20N8/c1-2-20-9-13(7-18)14-10-22-16(19)17(24-14)23-8-12-3-4-15-21-5-6-25(15)11-12/h3-7,9-11,18,20H,2,8H2,1H3,(H2,19,22)(H,23,24)/b13-9+,18-7?. The second-order valence-corrected chi connectivity index (χ2v) is 5.37. The number of hydrogen-bond acceptors (Lipinski definition) is 7. The zero-order chi connectivity index (χ0) is 17.6. The van der Waals surface area contributed by atoms with Crippen LogP contribution in [0.5, 0.6) is 0 Å². The third kappa shape index (κ3) is 3.74. The molecule has 0 radical (unpaired) electrons. The van der Waals surface area contributed by atoms with Gasteiger partial charge in [0.2, 0.25) is 0 Å². The van der Waals surface area contributed by atoms with Crippen LogP contribution in [-0.2, 0) is 6.54 Å². The van der Waals surface area contributed by atoms with E-state index < -0.39 is 0 Å². The molecule has 0 aromatic carbocycles. The van der Waals surface area contributed by atoms with E-state index in [9.17, 15) is 0 Å². The minimum Gasteiger partial charge on any atom is -0.391 e. The van der Waals surface area contributed by atoms with Gasteiger partial charge < -0.3 is 26.2 Å². The van der Waals surface area contributed by atoms with Crippen LogP contribution in [0.3, 0.4) is 0 Å². The van der Waals surface area contributed by atoms with Crippen LogP contribution >= 0.6 is 0 Å². The van der Waals surface area contributed by atoms with Crippen molar-refractivity contribution in [3.05, 3.63) is 54.4 Å². The summed E-state index contributed by atoms with van der Waals surface area (Å²) in [5.74, 6) is 0.813. The maximum Gasteiger partial charge on any atom is 0.169 e. The highest BCUT2D eigenvalue weighted by Gasteiger charge is 2.08. The molecule has 0 aliphatic rings. The maximum absolute atomic E-state index is 7.54. The number of anilines is 2. The molecule has 5 N–H and O–H groups in total. The minimum absolute atomic E-state index is 0.320. The first-order chi connectivity index (χ1) is 12.2. The molecule has 8 nitrogen and oxygen atoms in total. The normalized spacial score (nSPS) is 11.5. The Morgan fingerprint density at radius 1 is 1.36 bits per heavy atom. The molecule has 0 amide bonds. The predicted octanol–water partition coefficient (Wildman–Crippen LogP) is 1.92. The highest BCUT2D eigenvalue weighted by atomic mass is 15.1. The van der Waals surface area contributed by atoms with Gasteiger partial charge in [0, 0.05) is 49.7 Å². The highest BCUT2D eigenvalue weighted by molar-refractivity contribution is 6.07. The molecule has 3 aromatic rings. The summed E-state index contributed by atoms with van der Waals surface area (Å²) in [4.78, 5) is 12.9. The van der Waals surface area contributed by atoms with E-state index in [1.807, 2.05) is 35.9 Å². The number of aromatic nitrogens is 4. The minimum atomic E-state index is 0.320. The Morgan fingerprint density at radius 2 is 2.24 bits per heavy atom. The van der Waals surface area contributed by atoms with E-state index in [1.54, 1.807) is 18.6 Å². The molecule has 128 valence electrons. The van der Waals surface area contributed by atoms with Crippen molar-refractivity contribution in [3.8, 4) is 0 Å². The van der Waals surface area contributed by atoms with E-state index in [0.717, 1.165) is 17.8 Å². The van der Waals surface area contributed by atoms with Crippen molar-refractivity contribution in [1.82, 2.24) is 24.7 Å². The number of nitrogens with two attached hydrogens (primary N) is 1. The van der Waals surface area contributed by atoms with Gasteiger partial charge in [0.25, 0.3) is 0 Å². The van der Waals surface area contributed by atoms with Crippen molar-refractivity contribution < 1.29 is 0 Å². The smallest absolute Gasteiger partial charge is 0.169 e. The lowest BCUT2D eigenvalue weighted by Crippen LogP contribution is -2.10. The number of imidazole rings is 1. The van der Waals surface area contributed by atoms with Crippen LogP contribution in [0.4, 0.5) is 11.6 Å². The summed E-state index contributed by atoms with van der Waals surface area (Å²) < 4.78 is 1.95. The quantitative estimate of drug-likeness (QED) is 0.490. The van der Waals surface area contributed by atoms with E-state index in [0.29, 0.717) is 29.4 Å². The van der Waals surface area contributed by atoms with Gasteiger partial charge in [-0.05, 0) is 18.6 Å². The van der Waals surface area contributed by atoms with Crippen LogP contribution in [0.25, 0.3) is 11.2 Å². The SMILES string of the molecule is CCN/C=C(\C=N)c1cnc(N)c(NCc2ccc3nccn3c2)n1. The fourth-order valence-electron chi connectivity index (χ4n) is 2.33. The number of fused-ring (bicyclic) bond motifs is 1. The van der Waals surface area contributed by atoms with Gasteiger partial charge in [-0.2, -0.15) is 0 Å².